The Morgan fingerprint density at radius 3 is 2.62 bits per heavy atom. The van der Waals surface area contributed by atoms with Crippen molar-refractivity contribution in [3.8, 4) is 0 Å². The molecule has 0 aliphatic rings. The summed E-state index contributed by atoms with van der Waals surface area (Å²) in [6.45, 7) is 1.97. The predicted molar refractivity (Wildman–Crippen MR) is 47.7 cm³/mol. The molecule has 0 unspecified atom stereocenters. The third kappa shape index (κ3) is 1.56. The molecule has 1 aromatic heterocycles. The molecule has 1 radical (unpaired) electrons. The van der Waals surface area contributed by atoms with Crippen molar-refractivity contribution in [3.63, 3.8) is 0 Å². The minimum atomic E-state index is 0.645. The van der Waals surface area contributed by atoms with Gasteiger partial charge in [-0.15, -0.1) is 10.2 Å². The van der Waals surface area contributed by atoms with Gasteiger partial charge in [-0.2, -0.15) is 5.21 Å². The number of hydrogen-bond donors (Lipinski definition) is 1. The highest BCUT2D eigenvalue weighted by Gasteiger charge is 2.12. The fourth-order valence-electron chi connectivity index (χ4n) is 1.14. The van der Waals surface area contributed by atoms with Crippen LogP contribution in [0.25, 0.3) is 0 Å². The number of benzene rings is 1. The van der Waals surface area contributed by atoms with E-state index < -0.39 is 0 Å². The molecule has 65 valence electrons. The molecule has 1 heterocycles. The summed E-state index contributed by atoms with van der Waals surface area (Å²) in [6.07, 6.45) is 0. The van der Waals surface area contributed by atoms with Crippen LogP contribution in [0.4, 0.5) is 0 Å². The molecule has 2 rings (SSSR count). The van der Waals surface area contributed by atoms with Crippen LogP contribution in [-0.2, 0) is 0 Å². The van der Waals surface area contributed by atoms with Crippen LogP contribution in [0.3, 0.4) is 0 Å². The second kappa shape index (κ2) is 3.35. The smallest absolute Gasteiger partial charge is 0.177 e. The molecule has 2 aromatic rings. The Labute approximate surface area is 76.0 Å². The maximum absolute atomic E-state index is 3.91. The van der Waals surface area contributed by atoms with Gasteiger partial charge in [-0.25, -0.2) is 0 Å². The van der Waals surface area contributed by atoms with Crippen LogP contribution in [0.15, 0.2) is 30.3 Å². The molecule has 0 aliphatic heterocycles. The highest BCUT2D eigenvalue weighted by atomic mass is 15.5. The zero-order chi connectivity index (χ0) is 9.10. The van der Waals surface area contributed by atoms with Gasteiger partial charge in [-0.05, 0) is 12.5 Å². The van der Waals surface area contributed by atoms with E-state index in [1.54, 1.807) is 0 Å². The lowest BCUT2D eigenvalue weighted by Gasteiger charge is -2.04. The number of rotatable bonds is 2. The van der Waals surface area contributed by atoms with E-state index in [1.807, 2.05) is 37.3 Å². The van der Waals surface area contributed by atoms with Gasteiger partial charge < -0.3 is 0 Å². The van der Waals surface area contributed by atoms with Crippen LogP contribution >= 0.6 is 0 Å². The highest BCUT2D eigenvalue weighted by Crippen LogP contribution is 2.17. The monoisotopic (exact) mass is 173 g/mol. The number of nitrogens with zero attached hydrogens (tertiary/aromatic N) is 3. The number of aromatic nitrogens is 4. The second-order valence-electron chi connectivity index (χ2n) is 2.73. The van der Waals surface area contributed by atoms with Crippen molar-refractivity contribution in [2.75, 3.05) is 0 Å². The fourth-order valence-corrected chi connectivity index (χ4v) is 1.14. The van der Waals surface area contributed by atoms with Gasteiger partial charge >= 0.3 is 0 Å². The van der Waals surface area contributed by atoms with E-state index in [4.69, 9.17) is 0 Å². The van der Waals surface area contributed by atoms with Crippen LogP contribution in [0.1, 0.15) is 18.3 Å². The maximum atomic E-state index is 3.91. The Hall–Kier alpha value is -1.71. The summed E-state index contributed by atoms with van der Waals surface area (Å²) < 4.78 is 0. The van der Waals surface area contributed by atoms with Crippen LogP contribution < -0.4 is 0 Å². The average Bonchev–Trinajstić information content (AvgIpc) is 2.71. The first-order valence-electron chi connectivity index (χ1n) is 4.01. The largest absolute Gasteiger partial charge is 0.186 e. The molecule has 4 heteroatoms. The summed E-state index contributed by atoms with van der Waals surface area (Å²) in [7, 11) is 0. The van der Waals surface area contributed by atoms with Gasteiger partial charge in [0, 0.05) is 0 Å². The van der Waals surface area contributed by atoms with Crippen molar-refractivity contribution in [2.24, 2.45) is 0 Å². The predicted octanol–water partition coefficient (Wildman–Crippen LogP) is 1.19. The van der Waals surface area contributed by atoms with Gasteiger partial charge in [-0.3, -0.25) is 0 Å². The van der Waals surface area contributed by atoms with E-state index in [-0.39, 0.29) is 0 Å². The summed E-state index contributed by atoms with van der Waals surface area (Å²) in [5.41, 5.74) is 1.11. The normalized spacial score (nSPS) is 10.6. The van der Waals surface area contributed by atoms with E-state index in [0.717, 1.165) is 11.5 Å². The Kier molecular flexibility index (Phi) is 2.04. The molecule has 1 aromatic carbocycles. The number of H-pyrrole nitrogens is 1. The molecule has 0 fully saturated rings. The Balaban J connectivity index is 2.29. The van der Waals surface area contributed by atoms with Crippen LogP contribution in [0, 0.1) is 5.92 Å². The van der Waals surface area contributed by atoms with Gasteiger partial charge in [0.2, 0.25) is 0 Å². The first kappa shape index (κ1) is 7.91. The topological polar surface area (TPSA) is 54.5 Å². The third-order valence-electron chi connectivity index (χ3n) is 1.89. The molecule has 0 atom stereocenters. The number of tetrazole rings is 1. The first-order valence-corrected chi connectivity index (χ1v) is 4.01. The van der Waals surface area contributed by atoms with Gasteiger partial charge in [0.15, 0.2) is 5.82 Å². The standard InChI is InChI=1S/C9H9N4/c1-7(9-10-12-13-11-9)8-5-3-2-4-6-8/h2-6H,1H3,(H,10,11,12,13). The molecule has 0 aliphatic carbocycles. The summed E-state index contributed by atoms with van der Waals surface area (Å²) >= 11 is 0. The van der Waals surface area contributed by atoms with E-state index in [9.17, 15) is 0 Å². The van der Waals surface area contributed by atoms with Crippen molar-refractivity contribution >= 4 is 0 Å². The zero-order valence-corrected chi connectivity index (χ0v) is 7.23. The van der Waals surface area contributed by atoms with E-state index in [0.29, 0.717) is 5.82 Å². The lowest BCUT2D eigenvalue weighted by atomic mass is 10.0. The van der Waals surface area contributed by atoms with Crippen LogP contribution in [0.2, 0.25) is 0 Å². The van der Waals surface area contributed by atoms with E-state index >= 15 is 0 Å². The van der Waals surface area contributed by atoms with Crippen molar-refractivity contribution in [2.45, 2.75) is 6.92 Å². The minimum absolute atomic E-state index is 0.645. The van der Waals surface area contributed by atoms with Gasteiger partial charge in [0.1, 0.15) is 0 Å². The molecule has 0 amide bonds. The Morgan fingerprint density at radius 1 is 1.23 bits per heavy atom. The molecule has 0 saturated heterocycles. The lowest BCUT2D eigenvalue weighted by molar-refractivity contribution is 0.881. The summed E-state index contributed by atoms with van der Waals surface area (Å²) in [5.74, 6) is 1.67. The lowest BCUT2D eigenvalue weighted by Crippen LogP contribution is -1.99. The molecule has 13 heavy (non-hydrogen) atoms. The second-order valence-corrected chi connectivity index (χ2v) is 2.73. The maximum Gasteiger partial charge on any atom is 0.186 e. The molecular weight excluding hydrogens is 164 g/mol. The zero-order valence-electron chi connectivity index (χ0n) is 7.23. The molecule has 4 nitrogen and oxygen atoms in total. The molecular formula is C9H9N4. The van der Waals surface area contributed by atoms with Gasteiger partial charge in [-0.1, -0.05) is 35.5 Å². The van der Waals surface area contributed by atoms with Crippen molar-refractivity contribution in [1.29, 1.82) is 0 Å². The van der Waals surface area contributed by atoms with Crippen LogP contribution in [0.5, 0.6) is 0 Å². The number of aromatic amines is 1. The summed E-state index contributed by atoms with van der Waals surface area (Å²) in [6, 6.07) is 9.99. The summed E-state index contributed by atoms with van der Waals surface area (Å²) in [5, 5.41) is 13.8. The van der Waals surface area contributed by atoms with Crippen molar-refractivity contribution in [1.82, 2.24) is 20.6 Å². The van der Waals surface area contributed by atoms with Crippen molar-refractivity contribution < 1.29 is 0 Å². The Bertz CT molecular complexity index is 354. The Morgan fingerprint density at radius 2 is 2.00 bits per heavy atom. The quantitative estimate of drug-likeness (QED) is 0.742. The highest BCUT2D eigenvalue weighted by molar-refractivity contribution is 5.36. The fraction of sp³-hybridized carbons (Fsp3) is 0.111. The molecule has 0 spiro atoms. The van der Waals surface area contributed by atoms with E-state index in [2.05, 4.69) is 20.6 Å². The van der Waals surface area contributed by atoms with Crippen LogP contribution in [-0.4, -0.2) is 20.6 Å². The minimum Gasteiger partial charge on any atom is -0.177 e. The number of hydrogen-bond acceptors (Lipinski definition) is 3. The first-order chi connectivity index (χ1) is 6.38. The third-order valence-corrected chi connectivity index (χ3v) is 1.89. The molecule has 0 saturated carbocycles. The summed E-state index contributed by atoms with van der Waals surface area (Å²) in [4.78, 5) is 0. The van der Waals surface area contributed by atoms with Gasteiger partial charge in [0.05, 0.1) is 5.92 Å². The average molecular weight is 173 g/mol. The number of nitrogens with one attached hydrogen (secondary N) is 1. The van der Waals surface area contributed by atoms with Crippen molar-refractivity contribution in [3.05, 3.63) is 47.6 Å². The molecule has 1 N–H and O–H groups in total. The SMILES string of the molecule is C[C](c1ccccc1)c1nn[nH]n1. The molecule has 0 bridgehead atoms. The van der Waals surface area contributed by atoms with E-state index in [1.165, 1.54) is 0 Å². The van der Waals surface area contributed by atoms with Gasteiger partial charge in [0.25, 0.3) is 0 Å².